The molecule has 2 saturated heterocycles. The van der Waals surface area contributed by atoms with Crippen molar-refractivity contribution >= 4 is 29.9 Å². The molecule has 0 aromatic carbocycles. The van der Waals surface area contributed by atoms with E-state index in [0.29, 0.717) is 24.4 Å². The zero-order valence-corrected chi connectivity index (χ0v) is 16.6. The van der Waals surface area contributed by atoms with Crippen molar-refractivity contribution in [1.29, 1.82) is 0 Å². The average Bonchev–Trinajstić information content (AvgIpc) is 3.17. The second-order valence-electron chi connectivity index (χ2n) is 6.84. The first-order chi connectivity index (χ1) is 10.8. The summed E-state index contributed by atoms with van der Waals surface area (Å²) in [4.78, 5) is 4.32. The van der Waals surface area contributed by atoms with Gasteiger partial charge in [-0.1, -0.05) is 19.3 Å². The van der Waals surface area contributed by atoms with Gasteiger partial charge in [-0.15, -0.1) is 24.0 Å². The molecule has 2 aliphatic heterocycles. The van der Waals surface area contributed by atoms with Crippen molar-refractivity contribution in [3.8, 4) is 0 Å². The Morgan fingerprint density at radius 3 is 2.65 bits per heavy atom. The Bertz CT molecular complexity index is 375. The second-order valence-corrected chi connectivity index (χ2v) is 6.84. The number of nitrogens with zero attached hydrogens (tertiary/aromatic N) is 1. The number of rotatable bonds is 6. The van der Waals surface area contributed by atoms with Gasteiger partial charge in [0.2, 0.25) is 0 Å². The molecule has 3 aliphatic rings. The van der Waals surface area contributed by atoms with E-state index in [4.69, 9.17) is 9.47 Å². The minimum absolute atomic E-state index is 0. The Morgan fingerprint density at radius 2 is 2.00 bits per heavy atom. The van der Waals surface area contributed by atoms with Crippen LogP contribution in [0.25, 0.3) is 0 Å². The van der Waals surface area contributed by atoms with Crippen molar-refractivity contribution in [1.82, 2.24) is 10.6 Å². The van der Waals surface area contributed by atoms with Gasteiger partial charge in [-0.2, -0.15) is 0 Å². The molecule has 3 atom stereocenters. The predicted molar refractivity (Wildman–Crippen MR) is 104 cm³/mol. The molecule has 0 amide bonds. The molecule has 3 rings (SSSR count). The smallest absolute Gasteiger partial charge is 0.191 e. The number of hydrogen-bond acceptors (Lipinski definition) is 3. The molecule has 0 aromatic rings. The zero-order valence-electron chi connectivity index (χ0n) is 14.3. The van der Waals surface area contributed by atoms with Gasteiger partial charge in [-0.3, -0.25) is 4.99 Å². The summed E-state index contributed by atoms with van der Waals surface area (Å²) in [7, 11) is 1.84. The Morgan fingerprint density at radius 1 is 1.17 bits per heavy atom. The van der Waals surface area contributed by atoms with Crippen LogP contribution >= 0.6 is 24.0 Å². The van der Waals surface area contributed by atoms with E-state index in [2.05, 4.69) is 15.6 Å². The molecule has 6 heteroatoms. The summed E-state index contributed by atoms with van der Waals surface area (Å²) in [5, 5.41) is 6.91. The van der Waals surface area contributed by atoms with Crippen molar-refractivity contribution in [2.24, 2.45) is 4.99 Å². The lowest BCUT2D eigenvalue weighted by atomic mass is 9.96. The molecule has 3 fully saturated rings. The van der Waals surface area contributed by atoms with Crippen LogP contribution in [-0.4, -0.2) is 50.5 Å². The second kappa shape index (κ2) is 10.0. The molecular weight excluding hydrogens is 405 g/mol. The predicted octanol–water partition coefficient (Wildman–Crippen LogP) is 2.83. The van der Waals surface area contributed by atoms with E-state index in [1.165, 1.54) is 44.9 Å². The number of halogens is 1. The molecule has 5 nitrogen and oxygen atoms in total. The molecule has 0 spiro atoms. The van der Waals surface area contributed by atoms with E-state index in [0.717, 1.165) is 32.0 Å². The van der Waals surface area contributed by atoms with Gasteiger partial charge >= 0.3 is 0 Å². The van der Waals surface area contributed by atoms with Crippen molar-refractivity contribution in [3.63, 3.8) is 0 Å². The van der Waals surface area contributed by atoms with Crippen molar-refractivity contribution < 1.29 is 9.47 Å². The highest BCUT2D eigenvalue weighted by atomic mass is 127. The van der Waals surface area contributed by atoms with Crippen LogP contribution < -0.4 is 10.6 Å². The summed E-state index contributed by atoms with van der Waals surface area (Å²) < 4.78 is 11.8. The third-order valence-electron chi connectivity index (χ3n) is 5.17. The molecule has 1 aliphatic carbocycles. The number of fused-ring (bicyclic) bond motifs is 2. The Hall–Kier alpha value is -0.0800. The lowest BCUT2D eigenvalue weighted by Crippen LogP contribution is -2.47. The van der Waals surface area contributed by atoms with Crippen LogP contribution in [0.15, 0.2) is 4.99 Å². The standard InChI is InChI=1S/C17H31N3O2.HI/c1-18-17(20-15-12-14-8-9-16(15)22-14)19-10-5-11-21-13-6-3-2-4-7-13;/h13-16H,2-12H2,1H3,(H2,18,19,20);1H. The van der Waals surface area contributed by atoms with E-state index in [1.807, 2.05) is 7.05 Å². The van der Waals surface area contributed by atoms with Crippen LogP contribution in [-0.2, 0) is 9.47 Å². The average molecular weight is 437 g/mol. The summed E-state index contributed by atoms with van der Waals surface area (Å²) >= 11 is 0. The highest BCUT2D eigenvalue weighted by Crippen LogP contribution is 2.34. The van der Waals surface area contributed by atoms with Crippen molar-refractivity contribution in [3.05, 3.63) is 0 Å². The number of aliphatic imine (C=N–C) groups is 1. The third-order valence-corrected chi connectivity index (χ3v) is 5.17. The van der Waals surface area contributed by atoms with Crippen LogP contribution in [0.3, 0.4) is 0 Å². The minimum Gasteiger partial charge on any atom is -0.378 e. The molecule has 2 bridgehead atoms. The molecule has 0 radical (unpaired) electrons. The van der Waals surface area contributed by atoms with Crippen LogP contribution in [0.5, 0.6) is 0 Å². The zero-order chi connectivity index (χ0) is 15.2. The maximum absolute atomic E-state index is 5.95. The van der Waals surface area contributed by atoms with Crippen LogP contribution in [0, 0.1) is 0 Å². The Kier molecular flexibility index (Phi) is 8.40. The molecule has 3 unspecified atom stereocenters. The van der Waals surface area contributed by atoms with Crippen molar-refractivity contribution in [2.75, 3.05) is 20.2 Å². The first kappa shape index (κ1) is 19.2. The molecule has 2 N–H and O–H groups in total. The number of ether oxygens (including phenoxy) is 2. The first-order valence-electron chi connectivity index (χ1n) is 9.09. The molecular formula is C17H32IN3O2. The third kappa shape index (κ3) is 5.74. The van der Waals surface area contributed by atoms with Gasteiger partial charge in [-0.05, 0) is 38.5 Å². The van der Waals surface area contributed by atoms with E-state index in [-0.39, 0.29) is 24.0 Å². The molecule has 1 saturated carbocycles. The monoisotopic (exact) mass is 437 g/mol. The van der Waals surface area contributed by atoms with Gasteiger partial charge in [0, 0.05) is 20.2 Å². The van der Waals surface area contributed by atoms with Crippen LogP contribution in [0.4, 0.5) is 0 Å². The van der Waals surface area contributed by atoms with E-state index in [1.54, 1.807) is 0 Å². The number of guanidine groups is 1. The fraction of sp³-hybridized carbons (Fsp3) is 0.941. The summed E-state index contributed by atoms with van der Waals surface area (Å²) in [5.74, 6) is 0.902. The van der Waals surface area contributed by atoms with E-state index in [9.17, 15) is 0 Å². The van der Waals surface area contributed by atoms with Gasteiger partial charge in [-0.25, -0.2) is 0 Å². The number of hydrogen-bond donors (Lipinski definition) is 2. The quantitative estimate of drug-likeness (QED) is 0.291. The minimum atomic E-state index is 0. The summed E-state index contributed by atoms with van der Waals surface area (Å²) in [5.41, 5.74) is 0. The Labute approximate surface area is 157 Å². The maximum atomic E-state index is 5.95. The number of nitrogens with one attached hydrogen (secondary N) is 2. The molecule has 23 heavy (non-hydrogen) atoms. The largest absolute Gasteiger partial charge is 0.378 e. The fourth-order valence-electron chi connectivity index (χ4n) is 3.92. The summed E-state index contributed by atoms with van der Waals surface area (Å²) in [6, 6.07) is 0.434. The summed E-state index contributed by atoms with van der Waals surface area (Å²) in [6.07, 6.45) is 12.5. The topological polar surface area (TPSA) is 54.9 Å². The van der Waals surface area contributed by atoms with Gasteiger partial charge < -0.3 is 20.1 Å². The summed E-state index contributed by atoms with van der Waals surface area (Å²) in [6.45, 7) is 1.76. The van der Waals surface area contributed by atoms with Crippen molar-refractivity contribution in [2.45, 2.75) is 82.1 Å². The van der Waals surface area contributed by atoms with Crippen LogP contribution in [0.1, 0.15) is 57.8 Å². The van der Waals surface area contributed by atoms with Gasteiger partial charge in [0.25, 0.3) is 0 Å². The highest BCUT2D eigenvalue weighted by Gasteiger charge is 2.41. The van der Waals surface area contributed by atoms with Gasteiger partial charge in [0.05, 0.1) is 24.4 Å². The van der Waals surface area contributed by atoms with Crippen LogP contribution in [0.2, 0.25) is 0 Å². The first-order valence-corrected chi connectivity index (χ1v) is 9.09. The molecule has 2 heterocycles. The molecule has 134 valence electrons. The normalized spacial score (nSPS) is 31.0. The van der Waals surface area contributed by atoms with Gasteiger partial charge in [0.1, 0.15) is 0 Å². The fourth-order valence-corrected chi connectivity index (χ4v) is 3.92. The Balaban J connectivity index is 0.00000192. The highest BCUT2D eigenvalue weighted by molar-refractivity contribution is 14.0. The van der Waals surface area contributed by atoms with Gasteiger partial charge in [0.15, 0.2) is 5.96 Å². The molecule has 0 aromatic heterocycles. The lowest BCUT2D eigenvalue weighted by molar-refractivity contribution is 0.0277. The van der Waals surface area contributed by atoms with E-state index >= 15 is 0 Å². The SMILES string of the molecule is CN=C(NCCCOC1CCCCC1)NC1CC2CCC1O2.I. The lowest BCUT2D eigenvalue weighted by Gasteiger charge is -2.23. The van der Waals surface area contributed by atoms with E-state index < -0.39 is 0 Å². The maximum Gasteiger partial charge on any atom is 0.191 e.